The lowest BCUT2D eigenvalue weighted by Crippen LogP contribution is -2.47. The Kier molecular flexibility index (Phi) is 5.36. The van der Waals surface area contributed by atoms with E-state index in [2.05, 4.69) is 23.5 Å². The lowest BCUT2D eigenvalue weighted by Gasteiger charge is -2.32. The van der Waals surface area contributed by atoms with E-state index in [1.54, 1.807) is 0 Å². The molecule has 4 rings (SSSR count). The van der Waals surface area contributed by atoms with Crippen LogP contribution in [0.15, 0.2) is 42.5 Å². The number of carboxylic acid groups (broad SMARTS) is 1. The van der Waals surface area contributed by atoms with Gasteiger partial charge in [-0.25, -0.2) is 0 Å². The molecule has 5 heteroatoms. The molecule has 4 unspecified atom stereocenters. The smallest absolute Gasteiger partial charge is 0.320 e. The molecule has 28 heavy (non-hydrogen) atoms. The van der Waals surface area contributed by atoms with Gasteiger partial charge in [-0.15, -0.1) is 0 Å². The van der Waals surface area contributed by atoms with Crippen LogP contribution in [0, 0.1) is 5.92 Å². The molecule has 1 heterocycles. The van der Waals surface area contributed by atoms with Crippen LogP contribution in [0.2, 0.25) is 0 Å². The van der Waals surface area contributed by atoms with Gasteiger partial charge >= 0.3 is 5.97 Å². The van der Waals surface area contributed by atoms with Gasteiger partial charge in [0.05, 0.1) is 12.6 Å². The van der Waals surface area contributed by atoms with Crippen molar-refractivity contribution in [3.8, 4) is 0 Å². The SMILES string of the molecule is CC(NC(=O)CN1C(C(=O)O)CC2CCCCC21)c1cccc2ccccc12. The molecule has 1 saturated carbocycles. The first kappa shape index (κ1) is 18.9. The summed E-state index contributed by atoms with van der Waals surface area (Å²) in [6, 6.07) is 13.8. The maximum absolute atomic E-state index is 12.8. The highest BCUT2D eigenvalue weighted by molar-refractivity contribution is 5.87. The number of hydrogen-bond acceptors (Lipinski definition) is 3. The van der Waals surface area contributed by atoms with Crippen molar-refractivity contribution in [1.82, 2.24) is 10.2 Å². The maximum Gasteiger partial charge on any atom is 0.320 e. The molecule has 1 amide bonds. The highest BCUT2D eigenvalue weighted by atomic mass is 16.4. The van der Waals surface area contributed by atoms with Crippen molar-refractivity contribution < 1.29 is 14.7 Å². The monoisotopic (exact) mass is 380 g/mol. The number of likely N-dealkylation sites (tertiary alicyclic amines) is 1. The van der Waals surface area contributed by atoms with E-state index < -0.39 is 12.0 Å². The maximum atomic E-state index is 12.8. The van der Waals surface area contributed by atoms with Gasteiger partial charge < -0.3 is 10.4 Å². The van der Waals surface area contributed by atoms with Crippen LogP contribution in [0.3, 0.4) is 0 Å². The predicted octanol–water partition coefficient (Wildman–Crippen LogP) is 3.73. The van der Waals surface area contributed by atoms with Gasteiger partial charge in [0.15, 0.2) is 0 Å². The Bertz CT molecular complexity index is 876. The minimum absolute atomic E-state index is 0.0992. The first-order valence-electron chi connectivity index (χ1n) is 10.3. The Morgan fingerprint density at radius 3 is 2.71 bits per heavy atom. The van der Waals surface area contributed by atoms with Crippen LogP contribution in [0.4, 0.5) is 0 Å². The molecule has 0 spiro atoms. The molecule has 2 aromatic rings. The van der Waals surface area contributed by atoms with Crippen LogP contribution in [0.5, 0.6) is 0 Å². The van der Waals surface area contributed by atoms with E-state index in [1.165, 1.54) is 6.42 Å². The summed E-state index contributed by atoms with van der Waals surface area (Å²) in [7, 11) is 0. The summed E-state index contributed by atoms with van der Waals surface area (Å²) < 4.78 is 0. The Morgan fingerprint density at radius 2 is 1.89 bits per heavy atom. The van der Waals surface area contributed by atoms with E-state index >= 15 is 0 Å². The molecule has 1 aliphatic carbocycles. The van der Waals surface area contributed by atoms with Crippen molar-refractivity contribution in [3.63, 3.8) is 0 Å². The summed E-state index contributed by atoms with van der Waals surface area (Å²) in [5.41, 5.74) is 1.08. The van der Waals surface area contributed by atoms with Gasteiger partial charge in [0.1, 0.15) is 6.04 Å². The molecule has 2 fully saturated rings. The number of rotatable bonds is 5. The lowest BCUT2D eigenvalue weighted by molar-refractivity contribution is -0.143. The standard InChI is InChI=1S/C23H28N2O3/c1-15(18-11-6-9-16-7-2-4-10-19(16)18)24-22(26)14-25-20-12-5-3-8-17(20)13-21(25)23(27)28/h2,4,6-7,9-11,15,17,20-21H,3,5,8,12-14H2,1H3,(H,24,26)(H,27,28). The molecule has 0 aromatic heterocycles. The van der Waals surface area contributed by atoms with Gasteiger partial charge in [0.25, 0.3) is 0 Å². The predicted molar refractivity (Wildman–Crippen MR) is 109 cm³/mol. The summed E-state index contributed by atoms with van der Waals surface area (Å²) in [5, 5.41) is 15.0. The Balaban J connectivity index is 1.47. The molecule has 5 nitrogen and oxygen atoms in total. The van der Waals surface area contributed by atoms with Crippen molar-refractivity contribution in [2.75, 3.05) is 6.54 Å². The molecule has 1 saturated heterocycles. The summed E-state index contributed by atoms with van der Waals surface area (Å²) in [6.07, 6.45) is 5.05. The van der Waals surface area contributed by atoms with Crippen molar-refractivity contribution in [1.29, 1.82) is 0 Å². The zero-order valence-corrected chi connectivity index (χ0v) is 16.3. The van der Waals surface area contributed by atoms with Gasteiger partial charge in [-0.3, -0.25) is 14.5 Å². The minimum Gasteiger partial charge on any atom is -0.480 e. The van der Waals surface area contributed by atoms with Crippen LogP contribution >= 0.6 is 0 Å². The number of benzene rings is 2. The van der Waals surface area contributed by atoms with Crippen molar-refractivity contribution in [3.05, 3.63) is 48.0 Å². The van der Waals surface area contributed by atoms with E-state index in [1.807, 2.05) is 36.1 Å². The molecule has 2 aromatic carbocycles. The normalized spacial score (nSPS) is 26.0. The molecule has 0 radical (unpaired) electrons. The van der Waals surface area contributed by atoms with E-state index in [-0.39, 0.29) is 24.5 Å². The fourth-order valence-corrected chi connectivity index (χ4v) is 5.18. The summed E-state index contributed by atoms with van der Waals surface area (Å²) >= 11 is 0. The van der Waals surface area contributed by atoms with Crippen LogP contribution in [0.1, 0.15) is 50.6 Å². The van der Waals surface area contributed by atoms with Crippen molar-refractivity contribution in [2.45, 2.75) is 57.2 Å². The number of amides is 1. The van der Waals surface area contributed by atoms with Crippen LogP contribution < -0.4 is 5.32 Å². The first-order valence-corrected chi connectivity index (χ1v) is 10.3. The molecule has 148 valence electrons. The zero-order valence-electron chi connectivity index (χ0n) is 16.3. The zero-order chi connectivity index (χ0) is 19.7. The average Bonchev–Trinajstić information content (AvgIpc) is 3.06. The summed E-state index contributed by atoms with van der Waals surface area (Å²) in [5.74, 6) is -0.486. The molecule has 1 aliphatic heterocycles. The topological polar surface area (TPSA) is 69.6 Å². The second-order valence-electron chi connectivity index (χ2n) is 8.23. The molecule has 4 atom stereocenters. The number of nitrogens with one attached hydrogen (secondary N) is 1. The van der Waals surface area contributed by atoms with E-state index in [0.717, 1.165) is 35.6 Å². The number of fused-ring (bicyclic) bond motifs is 2. The van der Waals surface area contributed by atoms with E-state index in [9.17, 15) is 14.7 Å². The van der Waals surface area contributed by atoms with Gasteiger partial charge in [0.2, 0.25) is 5.91 Å². The molecule has 2 aliphatic rings. The number of carbonyl (C=O) groups excluding carboxylic acids is 1. The first-order chi connectivity index (χ1) is 13.5. The average molecular weight is 380 g/mol. The van der Waals surface area contributed by atoms with Gasteiger partial charge in [-0.05, 0) is 48.4 Å². The fraction of sp³-hybridized carbons (Fsp3) is 0.478. The molecular weight excluding hydrogens is 352 g/mol. The van der Waals surface area contributed by atoms with E-state index in [0.29, 0.717) is 12.3 Å². The Hall–Kier alpha value is -2.40. The number of carbonyl (C=O) groups is 2. The van der Waals surface area contributed by atoms with Gasteiger partial charge in [0, 0.05) is 6.04 Å². The number of aliphatic carboxylic acids is 1. The Labute approximate surface area is 165 Å². The summed E-state index contributed by atoms with van der Waals surface area (Å²) in [4.78, 5) is 26.5. The largest absolute Gasteiger partial charge is 0.480 e. The molecule has 2 N–H and O–H groups in total. The Morgan fingerprint density at radius 1 is 1.14 bits per heavy atom. The number of carboxylic acids is 1. The van der Waals surface area contributed by atoms with E-state index in [4.69, 9.17) is 0 Å². The quantitative estimate of drug-likeness (QED) is 0.829. The van der Waals surface area contributed by atoms with Gasteiger partial charge in [-0.1, -0.05) is 55.3 Å². The molecule has 0 bridgehead atoms. The van der Waals surface area contributed by atoms with Crippen LogP contribution in [-0.4, -0.2) is 40.5 Å². The second-order valence-corrected chi connectivity index (χ2v) is 8.23. The summed E-state index contributed by atoms with van der Waals surface area (Å²) in [6.45, 7) is 2.15. The van der Waals surface area contributed by atoms with Gasteiger partial charge in [-0.2, -0.15) is 0 Å². The van der Waals surface area contributed by atoms with Crippen LogP contribution in [0.25, 0.3) is 10.8 Å². The third-order valence-electron chi connectivity index (χ3n) is 6.50. The third kappa shape index (κ3) is 3.63. The van der Waals surface area contributed by atoms with Crippen LogP contribution in [-0.2, 0) is 9.59 Å². The fourth-order valence-electron chi connectivity index (χ4n) is 5.18. The number of hydrogen-bond donors (Lipinski definition) is 2. The molecular formula is C23H28N2O3. The second kappa shape index (κ2) is 7.92. The van der Waals surface area contributed by atoms with Crippen molar-refractivity contribution in [2.24, 2.45) is 5.92 Å². The highest BCUT2D eigenvalue weighted by Gasteiger charge is 2.45. The minimum atomic E-state index is -0.802. The van der Waals surface area contributed by atoms with Crippen molar-refractivity contribution >= 4 is 22.6 Å². The third-order valence-corrected chi connectivity index (χ3v) is 6.50. The number of nitrogens with zero attached hydrogens (tertiary/aromatic N) is 1. The highest BCUT2D eigenvalue weighted by Crippen LogP contribution is 2.39. The lowest BCUT2D eigenvalue weighted by atomic mass is 9.85.